The van der Waals surface area contributed by atoms with E-state index in [1.54, 1.807) is 24.3 Å². The number of hydrogen-bond donors (Lipinski definition) is 0. The minimum atomic E-state index is -3.52. The lowest BCUT2D eigenvalue weighted by molar-refractivity contribution is 0.384. The van der Waals surface area contributed by atoms with Gasteiger partial charge in [-0.05, 0) is 36.2 Å². The quantitative estimate of drug-likeness (QED) is 0.626. The summed E-state index contributed by atoms with van der Waals surface area (Å²) in [7, 11) is -3.52. The molecule has 2 heterocycles. The molecule has 156 valence electrons. The van der Waals surface area contributed by atoms with E-state index in [9.17, 15) is 12.8 Å². The summed E-state index contributed by atoms with van der Waals surface area (Å²) in [6, 6.07) is 15.1. The van der Waals surface area contributed by atoms with E-state index >= 15 is 0 Å². The normalized spacial score (nSPS) is 15.3. The van der Waals surface area contributed by atoms with Gasteiger partial charge in [-0.15, -0.1) is 0 Å². The summed E-state index contributed by atoms with van der Waals surface area (Å²) in [5.74, 6) is 0.382. The van der Waals surface area contributed by atoms with E-state index in [-0.39, 0.29) is 5.82 Å². The maximum Gasteiger partial charge on any atom is 0.243 e. The Balaban J connectivity index is 1.47. The van der Waals surface area contributed by atoms with Crippen LogP contribution in [0.4, 0.5) is 10.2 Å². The molecule has 1 aromatic heterocycles. The Morgan fingerprint density at radius 3 is 2.37 bits per heavy atom. The summed E-state index contributed by atoms with van der Waals surface area (Å²) >= 11 is 0. The van der Waals surface area contributed by atoms with E-state index in [4.69, 9.17) is 0 Å². The molecule has 1 aliphatic rings. The zero-order valence-electron chi connectivity index (χ0n) is 16.7. The molecule has 4 rings (SSSR count). The molecule has 1 fully saturated rings. The fourth-order valence-corrected chi connectivity index (χ4v) is 4.95. The monoisotopic (exact) mass is 426 g/mol. The number of aromatic nitrogens is 2. The van der Waals surface area contributed by atoms with Crippen LogP contribution in [0.1, 0.15) is 12.5 Å². The van der Waals surface area contributed by atoms with Gasteiger partial charge in [0.05, 0.1) is 10.6 Å². The Morgan fingerprint density at radius 2 is 1.70 bits per heavy atom. The number of nitrogens with zero attached hydrogens (tertiary/aromatic N) is 4. The number of sulfonamides is 1. The van der Waals surface area contributed by atoms with Crippen LogP contribution in [0.15, 0.2) is 65.8 Å². The van der Waals surface area contributed by atoms with E-state index in [0.29, 0.717) is 48.1 Å². The second-order valence-corrected chi connectivity index (χ2v) is 9.10. The van der Waals surface area contributed by atoms with Crippen LogP contribution in [0, 0.1) is 5.82 Å². The van der Waals surface area contributed by atoms with Crippen molar-refractivity contribution in [3.05, 3.63) is 72.3 Å². The molecular formula is C22H23FN4O2S. The summed E-state index contributed by atoms with van der Waals surface area (Å²) in [4.78, 5) is 10.9. The summed E-state index contributed by atoms with van der Waals surface area (Å²) in [5, 5.41) is 0. The van der Waals surface area contributed by atoms with E-state index in [2.05, 4.69) is 9.97 Å². The molecule has 8 heteroatoms. The summed E-state index contributed by atoms with van der Waals surface area (Å²) in [6.45, 7) is 3.82. The van der Waals surface area contributed by atoms with Gasteiger partial charge in [0.15, 0.2) is 0 Å². The number of benzene rings is 2. The molecule has 1 saturated heterocycles. The van der Waals surface area contributed by atoms with Crippen molar-refractivity contribution in [2.24, 2.45) is 0 Å². The topological polar surface area (TPSA) is 66.4 Å². The van der Waals surface area contributed by atoms with Crippen molar-refractivity contribution in [2.45, 2.75) is 18.2 Å². The molecule has 0 aliphatic carbocycles. The van der Waals surface area contributed by atoms with Gasteiger partial charge in [0.25, 0.3) is 0 Å². The molecule has 0 atom stereocenters. The smallest absolute Gasteiger partial charge is 0.243 e. The fraction of sp³-hybridized carbons (Fsp3) is 0.273. The van der Waals surface area contributed by atoms with Gasteiger partial charge >= 0.3 is 0 Å². The van der Waals surface area contributed by atoms with Gasteiger partial charge in [0.2, 0.25) is 10.0 Å². The Hall–Kier alpha value is -2.84. The number of hydrogen-bond acceptors (Lipinski definition) is 5. The maximum absolute atomic E-state index is 13.5. The first-order valence-electron chi connectivity index (χ1n) is 9.89. The van der Waals surface area contributed by atoms with Crippen LogP contribution in [0.2, 0.25) is 0 Å². The summed E-state index contributed by atoms with van der Waals surface area (Å²) in [6.07, 6.45) is 2.32. The zero-order valence-corrected chi connectivity index (χ0v) is 17.5. The number of aryl methyl sites for hydroxylation is 1. The maximum atomic E-state index is 13.5. The highest BCUT2D eigenvalue weighted by molar-refractivity contribution is 7.89. The number of rotatable bonds is 5. The van der Waals surface area contributed by atoms with Crippen LogP contribution >= 0.6 is 0 Å². The van der Waals surface area contributed by atoms with Gasteiger partial charge in [-0.1, -0.05) is 31.2 Å². The van der Waals surface area contributed by atoms with E-state index in [0.717, 1.165) is 12.0 Å². The molecule has 30 heavy (non-hydrogen) atoms. The summed E-state index contributed by atoms with van der Waals surface area (Å²) in [5.41, 5.74) is 2.41. The van der Waals surface area contributed by atoms with Gasteiger partial charge in [0, 0.05) is 37.8 Å². The third kappa shape index (κ3) is 4.20. The molecule has 0 amide bonds. The Bertz CT molecular complexity index is 1130. The predicted octanol–water partition coefficient (Wildman–Crippen LogP) is 3.36. The first-order valence-corrected chi connectivity index (χ1v) is 11.3. The molecule has 1 aliphatic heterocycles. The van der Waals surface area contributed by atoms with E-state index in [1.165, 1.54) is 22.8 Å². The minimum absolute atomic E-state index is 0.321. The van der Waals surface area contributed by atoms with Crippen molar-refractivity contribution in [1.82, 2.24) is 14.3 Å². The van der Waals surface area contributed by atoms with Crippen molar-refractivity contribution in [3.8, 4) is 11.3 Å². The van der Waals surface area contributed by atoms with Crippen LogP contribution in [0.5, 0.6) is 0 Å². The highest BCUT2D eigenvalue weighted by Crippen LogP contribution is 2.24. The van der Waals surface area contributed by atoms with E-state index < -0.39 is 10.0 Å². The zero-order chi connectivity index (χ0) is 21.1. The largest absolute Gasteiger partial charge is 0.354 e. The molecule has 0 bridgehead atoms. The molecule has 0 unspecified atom stereocenters. The SMILES string of the molecule is CCc1ccc(S(=O)(=O)N2CCN(c3cc(-c4cccc(F)c4)ncn3)CC2)cc1. The third-order valence-electron chi connectivity index (χ3n) is 5.31. The molecule has 6 nitrogen and oxygen atoms in total. The van der Waals surface area contributed by atoms with Crippen molar-refractivity contribution >= 4 is 15.8 Å². The lowest BCUT2D eigenvalue weighted by Crippen LogP contribution is -2.48. The fourth-order valence-electron chi connectivity index (χ4n) is 3.53. The molecule has 0 spiro atoms. The Labute approximate surface area is 176 Å². The van der Waals surface area contributed by atoms with Gasteiger partial charge in [0.1, 0.15) is 18.0 Å². The second kappa shape index (κ2) is 8.49. The average Bonchev–Trinajstić information content (AvgIpc) is 2.79. The lowest BCUT2D eigenvalue weighted by Gasteiger charge is -2.34. The van der Waals surface area contributed by atoms with Gasteiger partial charge < -0.3 is 4.90 Å². The van der Waals surface area contributed by atoms with Gasteiger partial charge in [-0.2, -0.15) is 4.31 Å². The molecular weight excluding hydrogens is 403 g/mol. The molecule has 3 aromatic rings. The first kappa shape index (κ1) is 20.4. The highest BCUT2D eigenvalue weighted by atomic mass is 32.2. The van der Waals surface area contributed by atoms with Crippen LogP contribution in [-0.2, 0) is 16.4 Å². The average molecular weight is 427 g/mol. The summed E-state index contributed by atoms with van der Waals surface area (Å²) < 4.78 is 40.9. The Morgan fingerprint density at radius 1 is 0.967 bits per heavy atom. The molecule has 0 N–H and O–H groups in total. The molecule has 0 saturated carbocycles. The van der Waals surface area contributed by atoms with Crippen molar-refractivity contribution in [1.29, 1.82) is 0 Å². The predicted molar refractivity (Wildman–Crippen MR) is 114 cm³/mol. The number of anilines is 1. The van der Waals surface area contributed by atoms with Crippen molar-refractivity contribution < 1.29 is 12.8 Å². The second-order valence-electron chi connectivity index (χ2n) is 7.16. The van der Waals surface area contributed by atoms with Crippen molar-refractivity contribution in [3.63, 3.8) is 0 Å². The number of halogens is 1. The molecule has 0 radical (unpaired) electrons. The van der Waals surface area contributed by atoms with Crippen molar-refractivity contribution in [2.75, 3.05) is 31.1 Å². The highest BCUT2D eigenvalue weighted by Gasteiger charge is 2.29. The lowest BCUT2D eigenvalue weighted by atomic mass is 10.1. The Kier molecular flexibility index (Phi) is 5.78. The standard InChI is InChI=1S/C22H23FN4O2S/c1-2-17-6-8-20(9-7-17)30(28,29)27-12-10-26(11-13-27)22-15-21(24-16-25-22)18-4-3-5-19(23)14-18/h3-9,14-16H,2,10-13H2,1H3. The molecule has 2 aromatic carbocycles. The third-order valence-corrected chi connectivity index (χ3v) is 7.22. The van der Waals surface area contributed by atoms with Gasteiger partial charge in [-0.3, -0.25) is 0 Å². The van der Waals surface area contributed by atoms with E-state index in [1.807, 2.05) is 30.0 Å². The van der Waals surface area contributed by atoms with Gasteiger partial charge in [-0.25, -0.2) is 22.8 Å². The first-order chi connectivity index (χ1) is 14.5. The number of piperazine rings is 1. The minimum Gasteiger partial charge on any atom is -0.354 e. The van der Waals surface area contributed by atoms with Crippen LogP contribution in [0.3, 0.4) is 0 Å². The van der Waals surface area contributed by atoms with Crippen LogP contribution in [0.25, 0.3) is 11.3 Å². The van der Waals surface area contributed by atoms with Crippen LogP contribution in [-0.4, -0.2) is 48.9 Å². The van der Waals surface area contributed by atoms with Crippen LogP contribution < -0.4 is 4.90 Å².